The van der Waals surface area contributed by atoms with Gasteiger partial charge in [-0.3, -0.25) is 0 Å². The minimum atomic E-state index is 0.357. The first-order valence-electron chi connectivity index (χ1n) is 5.29. The van der Waals surface area contributed by atoms with Crippen LogP contribution in [-0.4, -0.2) is 18.3 Å². The van der Waals surface area contributed by atoms with Crippen molar-refractivity contribution in [3.05, 3.63) is 29.8 Å². The predicted octanol–water partition coefficient (Wildman–Crippen LogP) is 2.07. The Morgan fingerprint density at radius 2 is 1.94 bits per heavy atom. The molecule has 0 spiro atoms. The van der Waals surface area contributed by atoms with E-state index in [-0.39, 0.29) is 0 Å². The first-order valence-corrected chi connectivity index (χ1v) is 5.70. The predicted molar refractivity (Wildman–Crippen MR) is 70.7 cm³/mol. The zero-order valence-corrected chi connectivity index (χ0v) is 10.7. The lowest BCUT2D eigenvalue weighted by Gasteiger charge is -2.13. The van der Waals surface area contributed by atoms with Crippen molar-refractivity contribution in [2.75, 3.05) is 7.11 Å². The number of methoxy groups -OCH3 is 1. The van der Waals surface area contributed by atoms with Crippen LogP contribution < -0.4 is 15.4 Å². The van der Waals surface area contributed by atoms with E-state index in [1.807, 2.05) is 24.3 Å². The van der Waals surface area contributed by atoms with Crippen molar-refractivity contribution in [1.82, 2.24) is 10.6 Å². The third-order valence-electron chi connectivity index (χ3n) is 2.03. The smallest absolute Gasteiger partial charge is 0.166 e. The van der Waals surface area contributed by atoms with Crippen LogP contribution in [0.3, 0.4) is 0 Å². The Hall–Kier alpha value is -1.29. The molecule has 4 heteroatoms. The normalized spacial score (nSPS) is 10.0. The molecule has 0 saturated heterocycles. The van der Waals surface area contributed by atoms with Gasteiger partial charge in [0.15, 0.2) is 5.11 Å². The second-order valence-electron chi connectivity index (χ2n) is 3.83. The largest absolute Gasteiger partial charge is 0.497 e. The molecule has 0 saturated carbocycles. The zero-order chi connectivity index (χ0) is 12.0. The molecule has 0 aliphatic rings. The molecule has 1 rings (SSSR count). The molecule has 0 atom stereocenters. The van der Waals surface area contributed by atoms with E-state index in [2.05, 4.69) is 24.5 Å². The van der Waals surface area contributed by atoms with Gasteiger partial charge >= 0.3 is 0 Å². The van der Waals surface area contributed by atoms with Crippen LogP contribution in [0.1, 0.15) is 19.4 Å². The number of hydrogen-bond donors (Lipinski definition) is 2. The van der Waals surface area contributed by atoms with Gasteiger partial charge in [-0.1, -0.05) is 12.1 Å². The third kappa shape index (κ3) is 4.49. The Kier molecular flexibility index (Phi) is 5.05. The average molecular weight is 238 g/mol. The van der Waals surface area contributed by atoms with E-state index < -0.39 is 0 Å². The standard InChI is InChI=1S/C12H18N2OS/c1-9(2)14-12(16)13-8-10-4-6-11(15-3)7-5-10/h4-7,9H,8H2,1-3H3,(H2,13,14,16). The van der Waals surface area contributed by atoms with Gasteiger partial charge in [-0.2, -0.15) is 0 Å². The van der Waals surface area contributed by atoms with Crippen LogP contribution >= 0.6 is 12.2 Å². The second kappa shape index (κ2) is 6.33. The Labute approximate surface area is 102 Å². The Bertz CT molecular complexity index is 335. The van der Waals surface area contributed by atoms with Gasteiger partial charge in [-0.25, -0.2) is 0 Å². The van der Waals surface area contributed by atoms with Crippen LogP contribution in [0.5, 0.6) is 5.75 Å². The molecule has 16 heavy (non-hydrogen) atoms. The summed E-state index contributed by atoms with van der Waals surface area (Å²) in [4.78, 5) is 0. The van der Waals surface area contributed by atoms with Crippen molar-refractivity contribution in [3.8, 4) is 5.75 Å². The number of nitrogens with one attached hydrogen (secondary N) is 2. The topological polar surface area (TPSA) is 33.3 Å². The molecule has 0 bridgehead atoms. The fourth-order valence-corrected chi connectivity index (χ4v) is 1.55. The summed E-state index contributed by atoms with van der Waals surface area (Å²) in [5.74, 6) is 0.867. The maximum absolute atomic E-state index is 5.13. The highest BCUT2D eigenvalue weighted by Gasteiger charge is 1.98. The monoisotopic (exact) mass is 238 g/mol. The van der Waals surface area contributed by atoms with E-state index in [9.17, 15) is 0 Å². The van der Waals surface area contributed by atoms with E-state index in [4.69, 9.17) is 17.0 Å². The van der Waals surface area contributed by atoms with Gasteiger partial charge in [-0.15, -0.1) is 0 Å². The van der Waals surface area contributed by atoms with Gasteiger partial charge in [0.05, 0.1) is 7.11 Å². The van der Waals surface area contributed by atoms with Crippen LogP contribution in [0.15, 0.2) is 24.3 Å². The van der Waals surface area contributed by atoms with Crippen LogP contribution in [0.2, 0.25) is 0 Å². The first-order chi connectivity index (χ1) is 7.61. The minimum absolute atomic E-state index is 0.357. The summed E-state index contributed by atoms with van der Waals surface area (Å²) in [6.45, 7) is 4.84. The van der Waals surface area contributed by atoms with Crippen LogP contribution in [0.25, 0.3) is 0 Å². The Morgan fingerprint density at radius 3 is 2.44 bits per heavy atom. The molecule has 3 nitrogen and oxygen atoms in total. The van der Waals surface area contributed by atoms with E-state index >= 15 is 0 Å². The fourth-order valence-electron chi connectivity index (χ4n) is 1.24. The van der Waals surface area contributed by atoms with Crippen molar-refractivity contribution < 1.29 is 4.74 Å². The first kappa shape index (κ1) is 12.8. The summed E-state index contributed by atoms with van der Waals surface area (Å²) in [5.41, 5.74) is 1.17. The van der Waals surface area contributed by atoms with Crippen molar-refractivity contribution >= 4 is 17.3 Å². The summed E-state index contributed by atoms with van der Waals surface area (Å²) >= 11 is 5.13. The summed E-state index contributed by atoms with van der Waals surface area (Å²) in [6.07, 6.45) is 0. The molecule has 0 heterocycles. The molecule has 0 aliphatic heterocycles. The fraction of sp³-hybridized carbons (Fsp3) is 0.417. The van der Waals surface area contributed by atoms with E-state index in [1.165, 1.54) is 5.56 Å². The molecule has 1 aromatic rings. The summed E-state index contributed by atoms with van der Waals surface area (Å²) in [6, 6.07) is 8.27. The molecular formula is C12H18N2OS. The number of benzene rings is 1. The molecule has 1 aromatic carbocycles. The van der Waals surface area contributed by atoms with E-state index in [0.717, 1.165) is 12.3 Å². The molecular weight excluding hydrogens is 220 g/mol. The number of hydrogen-bond acceptors (Lipinski definition) is 2. The SMILES string of the molecule is COc1ccc(CNC(=S)NC(C)C)cc1. The lowest BCUT2D eigenvalue weighted by Crippen LogP contribution is -2.38. The summed E-state index contributed by atoms with van der Waals surface area (Å²) in [5, 5.41) is 6.96. The molecule has 0 amide bonds. The van der Waals surface area contributed by atoms with Crippen LogP contribution in [0, 0.1) is 0 Å². The molecule has 0 fully saturated rings. The molecule has 0 aliphatic carbocycles. The van der Waals surface area contributed by atoms with Crippen LogP contribution in [0.4, 0.5) is 0 Å². The van der Waals surface area contributed by atoms with Crippen molar-refractivity contribution in [2.45, 2.75) is 26.4 Å². The molecule has 0 aromatic heterocycles. The van der Waals surface area contributed by atoms with Crippen LogP contribution in [-0.2, 0) is 6.54 Å². The minimum Gasteiger partial charge on any atom is -0.497 e. The zero-order valence-electron chi connectivity index (χ0n) is 9.91. The highest BCUT2D eigenvalue weighted by Crippen LogP contribution is 2.10. The number of rotatable bonds is 4. The van der Waals surface area contributed by atoms with Crippen molar-refractivity contribution in [2.24, 2.45) is 0 Å². The van der Waals surface area contributed by atoms with Gasteiger partial charge in [-0.05, 0) is 43.8 Å². The van der Waals surface area contributed by atoms with Gasteiger partial charge in [0.2, 0.25) is 0 Å². The molecule has 0 unspecified atom stereocenters. The third-order valence-corrected chi connectivity index (χ3v) is 2.29. The summed E-state index contributed by atoms with van der Waals surface area (Å²) in [7, 11) is 1.66. The Morgan fingerprint density at radius 1 is 1.31 bits per heavy atom. The Balaban J connectivity index is 2.39. The molecule has 0 radical (unpaired) electrons. The van der Waals surface area contributed by atoms with Gasteiger partial charge in [0, 0.05) is 12.6 Å². The molecule has 2 N–H and O–H groups in total. The van der Waals surface area contributed by atoms with Gasteiger partial charge in [0.25, 0.3) is 0 Å². The lowest BCUT2D eigenvalue weighted by atomic mass is 10.2. The lowest BCUT2D eigenvalue weighted by molar-refractivity contribution is 0.414. The van der Waals surface area contributed by atoms with Gasteiger partial charge in [0.1, 0.15) is 5.75 Å². The maximum atomic E-state index is 5.13. The summed E-state index contributed by atoms with van der Waals surface area (Å²) < 4.78 is 5.09. The number of thiocarbonyl (C=S) groups is 1. The highest BCUT2D eigenvalue weighted by atomic mass is 32.1. The van der Waals surface area contributed by atoms with E-state index in [0.29, 0.717) is 11.2 Å². The second-order valence-corrected chi connectivity index (χ2v) is 4.24. The quantitative estimate of drug-likeness (QED) is 0.787. The van der Waals surface area contributed by atoms with E-state index in [1.54, 1.807) is 7.11 Å². The average Bonchev–Trinajstić information content (AvgIpc) is 2.26. The van der Waals surface area contributed by atoms with Crippen molar-refractivity contribution in [1.29, 1.82) is 0 Å². The van der Waals surface area contributed by atoms with Gasteiger partial charge < -0.3 is 15.4 Å². The van der Waals surface area contributed by atoms with Crippen molar-refractivity contribution in [3.63, 3.8) is 0 Å². The molecule has 88 valence electrons. The highest BCUT2D eigenvalue weighted by molar-refractivity contribution is 7.80. The number of ether oxygens (including phenoxy) is 1. The maximum Gasteiger partial charge on any atom is 0.166 e.